The molecule has 0 aliphatic rings. The predicted octanol–water partition coefficient (Wildman–Crippen LogP) is 1.86. The second kappa shape index (κ2) is 22.9. The van der Waals surface area contributed by atoms with Crippen molar-refractivity contribution in [2.75, 3.05) is 33.0 Å². The van der Waals surface area contributed by atoms with Gasteiger partial charge in [0, 0.05) is 6.61 Å². The molecule has 0 N–H and O–H groups in total. The van der Waals surface area contributed by atoms with E-state index in [-0.39, 0.29) is 54.5 Å². The normalized spacial score (nSPS) is 16.4. The van der Waals surface area contributed by atoms with Gasteiger partial charge in [-0.1, -0.05) is 52.4 Å². The largest absolute Gasteiger partial charge is 1.00 e. The smallest absolute Gasteiger partial charge is 0.726 e. The van der Waals surface area contributed by atoms with Crippen LogP contribution in [0, 0.1) is 5.92 Å². The zero-order chi connectivity index (χ0) is 25.1. The maximum atomic E-state index is 10.6. The van der Waals surface area contributed by atoms with Gasteiger partial charge in [0.2, 0.25) is 10.4 Å². The quantitative estimate of drug-likeness (QED) is 0.0871. The summed E-state index contributed by atoms with van der Waals surface area (Å²) in [7, 11) is -4.72. The van der Waals surface area contributed by atoms with Gasteiger partial charge in [0.15, 0.2) is 0 Å². The molecule has 200 valence electrons. The summed E-state index contributed by atoms with van der Waals surface area (Å²) in [5, 5.41) is 0. The Morgan fingerprint density at radius 3 is 1.62 bits per heavy atom. The van der Waals surface area contributed by atoms with Crippen molar-refractivity contribution >= 4 is 10.4 Å². The average Bonchev–Trinajstić information content (AvgIpc) is 2.74. The van der Waals surface area contributed by atoms with Gasteiger partial charge in [0.05, 0.1) is 50.8 Å². The van der Waals surface area contributed by atoms with Crippen molar-refractivity contribution in [2.45, 2.75) is 117 Å². The first-order chi connectivity index (χ1) is 15.6. The fourth-order valence-corrected chi connectivity index (χ4v) is 3.79. The molecule has 0 radical (unpaired) electrons. The van der Waals surface area contributed by atoms with Crippen molar-refractivity contribution in [3.05, 3.63) is 0 Å². The van der Waals surface area contributed by atoms with Crippen molar-refractivity contribution in [1.82, 2.24) is 0 Å². The van der Waals surface area contributed by atoms with Gasteiger partial charge in [-0.25, -0.2) is 8.42 Å². The molecule has 34 heavy (non-hydrogen) atoms. The summed E-state index contributed by atoms with van der Waals surface area (Å²) in [6.45, 7) is 13.8. The number of hydrogen-bond acceptors (Lipinski definition) is 8. The molecule has 0 amide bonds. The van der Waals surface area contributed by atoms with Crippen LogP contribution >= 0.6 is 0 Å². The third-order valence-electron chi connectivity index (χ3n) is 5.27. The molecule has 0 heterocycles. The average molecular weight is 521 g/mol. The van der Waals surface area contributed by atoms with E-state index in [4.69, 9.17) is 18.9 Å². The van der Waals surface area contributed by atoms with Crippen LogP contribution in [0.2, 0.25) is 0 Å². The maximum Gasteiger partial charge on any atom is 1.00 e. The first-order valence-corrected chi connectivity index (χ1v) is 14.0. The van der Waals surface area contributed by atoms with Crippen molar-refractivity contribution in [3.63, 3.8) is 0 Å². The van der Waals surface area contributed by atoms with E-state index in [9.17, 15) is 13.0 Å². The molecule has 10 heteroatoms. The van der Waals surface area contributed by atoms with Crippen LogP contribution in [0.15, 0.2) is 0 Å². The predicted molar refractivity (Wildman–Crippen MR) is 129 cm³/mol. The fraction of sp³-hybridized carbons (Fsp3) is 1.00. The van der Waals surface area contributed by atoms with Crippen molar-refractivity contribution in [3.8, 4) is 0 Å². The Labute approximate surface area is 231 Å². The standard InChI is InChI=1S/C24H50O8S.Na/c1-7-9-11-12-14-24(13-10-8-2)19-28-15-20(3)29-16-21(4)30-17-22(5)31-18-23(6)32-33(25,26)27;/h20-24H,7-19H2,1-6H3,(H,25,26,27);/q;+1/p-1. The Hall–Kier alpha value is 0.710. The molecule has 0 saturated carbocycles. The van der Waals surface area contributed by atoms with Crippen LogP contribution in [0.1, 0.15) is 92.9 Å². The van der Waals surface area contributed by atoms with E-state index in [2.05, 4.69) is 18.0 Å². The van der Waals surface area contributed by atoms with E-state index >= 15 is 0 Å². The molecule has 0 rings (SSSR count). The topological polar surface area (TPSA) is 103 Å². The van der Waals surface area contributed by atoms with Crippen LogP contribution in [-0.2, 0) is 33.5 Å². The van der Waals surface area contributed by atoms with Crippen LogP contribution < -0.4 is 29.6 Å². The van der Waals surface area contributed by atoms with Crippen LogP contribution in [0.3, 0.4) is 0 Å². The summed E-state index contributed by atoms with van der Waals surface area (Å²) in [4.78, 5) is 0. The molecule has 0 aromatic carbocycles. The number of unbranched alkanes of at least 4 members (excludes halogenated alkanes) is 4. The first-order valence-electron chi connectivity index (χ1n) is 12.6. The van der Waals surface area contributed by atoms with E-state index in [1.54, 1.807) is 6.92 Å². The van der Waals surface area contributed by atoms with Gasteiger partial charge < -0.3 is 23.5 Å². The molecule has 0 bridgehead atoms. The summed E-state index contributed by atoms with van der Waals surface area (Å²) in [5.41, 5.74) is 0. The minimum Gasteiger partial charge on any atom is -0.726 e. The van der Waals surface area contributed by atoms with E-state index in [0.29, 0.717) is 25.7 Å². The molecule has 0 spiro atoms. The Morgan fingerprint density at radius 1 is 0.647 bits per heavy atom. The number of rotatable bonds is 23. The van der Waals surface area contributed by atoms with Crippen molar-refractivity contribution in [2.24, 2.45) is 5.92 Å². The molecule has 0 aliphatic heterocycles. The molecular weight excluding hydrogens is 471 g/mol. The summed E-state index contributed by atoms with van der Waals surface area (Å²) in [6.07, 6.45) is 8.91. The Kier molecular flexibility index (Phi) is 24.8. The van der Waals surface area contributed by atoms with Gasteiger partial charge in [0.25, 0.3) is 0 Å². The van der Waals surface area contributed by atoms with Crippen LogP contribution in [0.4, 0.5) is 0 Å². The van der Waals surface area contributed by atoms with Crippen LogP contribution in [0.25, 0.3) is 0 Å². The number of hydrogen-bond donors (Lipinski definition) is 0. The molecule has 5 unspecified atom stereocenters. The summed E-state index contributed by atoms with van der Waals surface area (Å²) in [6, 6.07) is 0. The van der Waals surface area contributed by atoms with Crippen LogP contribution in [0.5, 0.6) is 0 Å². The van der Waals surface area contributed by atoms with E-state index in [1.807, 2.05) is 13.8 Å². The molecule has 0 saturated heterocycles. The molecule has 0 fully saturated rings. The molecule has 0 aromatic rings. The molecule has 5 atom stereocenters. The Bertz CT molecular complexity index is 549. The van der Waals surface area contributed by atoms with Crippen molar-refractivity contribution < 1.29 is 65.7 Å². The third kappa shape index (κ3) is 24.4. The third-order valence-corrected chi connectivity index (χ3v) is 5.83. The maximum absolute atomic E-state index is 10.6. The van der Waals surface area contributed by atoms with Crippen LogP contribution in [-0.4, -0.2) is 70.4 Å². The van der Waals surface area contributed by atoms with E-state index in [1.165, 1.54) is 58.3 Å². The SMILES string of the molecule is CCCCCCC(CCCC)COCC(C)OCC(C)OCC(C)OCC(C)OS(=O)(=O)[O-].[Na+]. The second-order valence-corrected chi connectivity index (χ2v) is 10.2. The second-order valence-electron chi connectivity index (χ2n) is 9.14. The summed E-state index contributed by atoms with van der Waals surface area (Å²) >= 11 is 0. The van der Waals surface area contributed by atoms with E-state index in [0.717, 1.165) is 6.61 Å². The van der Waals surface area contributed by atoms with Gasteiger partial charge in [-0.05, 0) is 46.5 Å². The first kappa shape index (κ1) is 36.9. The minimum absolute atomic E-state index is 0. The zero-order valence-corrected chi connectivity index (χ0v) is 25.6. The summed E-state index contributed by atoms with van der Waals surface area (Å²) in [5.74, 6) is 0.639. The van der Waals surface area contributed by atoms with Gasteiger partial charge >= 0.3 is 29.6 Å². The molecule has 0 aliphatic carbocycles. The van der Waals surface area contributed by atoms with Gasteiger partial charge in [0.1, 0.15) is 0 Å². The van der Waals surface area contributed by atoms with Gasteiger partial charge in [-0.3, -0.25) is 4.18 Å². The summed E-state index contributed by atoms with van der Waals surface area (Å²) < 4.78 is 59.0. The van der Waals surface area contributed by atoms with E-state index < -0.39 is 16.5 Å². The van der Waals surface area contributed by atoms with Gasteiger partial charge in [-0.2, -0.15) is 0 Å². The fourth-order valence-electron chi connectivity index (χ4n) is 3.34. The molecule has 8 nitrogen and oxygen atoms in total. The van der Waals surface area contributed by atoms with Gasteiger partial charge in [-0.15, -0.1) is 0 Å². The number of ether oxygens (including phenoxy) is 4. The van der Waals surface area contributed by atoms with Crippen molar-refractivity contribution in [1.29, 1.82) is 0 Å². The molecule has 0 aromatic heterocycles. The Balaban J connectivity index is 0. The zero-order valence-electron chi connectivity index (χ0n) is 22.8. The monoisotopic (exact) mass is 520 g/mol. The Morgan fingerprint density at radius 2 is 1.12 bits per heavy atom. The minimum atomic E-state index is -4.72. The molecular formula is C24H49NaO8S.